The Morgan fingerprint density at radius 2 is 1.88 bits per heavy atom. The third kappa shape index (κ3) is 3.42. The van der Waals surface area contributed by atoms with Crippen LogP contribution in [0.2, 0.25) is 0 Å². The van der Waals surface area contributed by atoms with Crippen LogP contribution in [0.3, 0.4) is 0 Å². The van der Waals surface area contributed by atoms with Gasteiger partial charge in [0.25, 0.3) is 0 Å². The number of aryl methyl sites for hydroxylation is 1. The first-order valence-electron chi connectivity index (χ1n) is 8.34. The fourth-order valence-electron chi connectivity index (χ4n) is 3.77. The molecule has 0 bridgehead atoms. The molecular formula is C20H21ClF2N2. The maximum atomic E-state index is 14.0. The number of aromatic amines is 1. The zero-order valence-electron chi connectivity index (χ0n) is 14.1. The van der Waals surface area contributed by atoms with E-state index in [0.717, 1.165) is 36.8 Å². The summed E-state index contributed by atoms with van der Waals surface area (Å²) < 4.78 is 27.0. The normalized spacial score (nSPS) is 16.7. The van der Waals surface area contributed by atoms with Gasteiger partial charge in [0.05, 0.1) is 5.52 Å². The van der Waals surface area contributed by atoms with E-state index in [4.69, 9.17) is 0 Å². The van der Waals surface area contributed by atoms with E-state index in [0.29, 0.717) is 11.6 Å². The minimum absolute atomic E-state index is 0. The smallest absolute Gasteiger partial charge is 0.147 e. The molecular weight excluding hydrogens is 342 g/mol. The van der Waals surface area contributed by atoms with Crippen LogP contribution in [0.15, 0.2) is 42.5 Å². The standard InChI is InChI=1S/C20H20F2N2.ClH/c1-24(12-13-5-7-14(21)8-6-13)15-9-10-19-17(11-15)16-3-2-4-18(22)20(16)23-19;/h2-8,15,23H,9-12H2,1H3;1H. The summed E-state index contributed by atoms with van der Waals surface area (Å²) in [5.41, 5.74) is 4.15. The topological polar surface area (TPSA) is 19.0 Å². The third-order valence-electron chi connectivity index (χ3n) is 5.11. The van der Waals surface area contributed by atoms with Gasteiger partial charge < -0.3 is 4.98 Å². The molecule has 2 aromatic carbocycles. The van der Waals surface area contributed by atoms with Crippen molar-refractivity contribution in [3.8, 4) is 0 Å². The Hall–Kier alpha value is -1.91. The fourth-order valence-corrected chi connectivity index (χ4v) is 3.77. The molecule has 0 fully saturated rings. The number of nitrogens with zero attached hydrogens (tertiary/aromatic N) is 1. The third-order valence-corrected chi connectivity index (χ3v) is 5.11. The van der Waals surface area contributed by atoms with Crippen LogP contribution in [0.1, 0.15) is 23.2 Å². The number of likely N-dealkylation sites (N-methyl/N-ethyl adjacent to an activating group) is 1. The highest BCUT2D eigenvalue weighted by atomic mass is 35.5. The van der Waals surface area contributed by atoms with E-state index in [1.807, 2.05) is 18.2 Å². The van der Waals surface area contributed by atoms with Crippen LogP contribution >= 0.6 is 12.4 Å². The van der Waals surface area contributed by atoms with Gasteiger partial charge in [-0.05, 0) is 55.6 Å². The molecule has 1 heterocycles. The van der Waals surface area contributed by atoms with Crippen LogP contribution in [0.25, 0.3) is 10.9 Å². The van der Waals surface area contributed by atoms with E-state index in [-0.39, 0.29) is 24.0 Å². The van der Waals surface area contributed by atoms with Gasteiger partial charge in [0.1, 0.15) is 11.6 Å². The second kappa shape index (κ2) is 7.14. The predicted octanol–water partition coefficient (Wildman–Crippen LogP) is 4.86. The summed E-state index contributed by atoms with van der Waals surface area (Å²) in [6.07, 6.45) is 2.89. The molecule has 0 saturated heterocycles. The molecule has 1 aliphatic carbocycles. The van der Waals surface area contributed by atoms with E-state index < -0.39 is 0 Å². The zero-order chi connectivity index (χ0) is 16.7. The summed E-state index contributed by atoms with van der Waals surface area (Å²) >= 11 is 0. The molecule has 0 amide bonds. The first-order chi connectivity index (χ1) is 11.6. The van der Waals surface area contributed by atoms with Gasteiger partial charge in [-0.1, -0.05) is 24.3 Å². The second-order valence-electron chi connectivity index (χ2n) is 6.68. The zero-order valence-corrected chi connectivity index (χ0v) is 14.9. The summed E-state index contributed by atoms with van der Waals surface area (Å²) in [6.45, 7) is 0.789. The molecule has 1 unspecified atom stereocenters. The monoisotopic (exact) mass is 362 g/mol. The molecule has 1 aliphatic rings. The van der Waals surface area contributed by atoms with Crippen LogP contribution in [0.4, 0.5) is 8.78 Å². The molecule has 1 atom stereocenters. The maximum Gasteiger partial charge on any atom is 0.147 e. The van der Waals surface area contributed by atoms with E-state index in [2.05, 4.69) is 16.9 Å². The van der Waals surface area contributed by atoms with Crippen molar-refractivity contribution >= 4 is 23.3 Å². The van der Waals surface area contributed by atoms with E-state index in [1.54, 1.807) is 6.07 Å². The van der Waals surface area contributed by atoms with Crippen LogP contribution < -0.4 is 0 Å². The molecule has 0 saturated carbocycles. The maximum absolute atomic E-state index is 14.0. The van der Waals surface area contributed by atoms with Gasteiger partial charge in [-0.3, -0.25) is 4.90 Å². The number of H-pyrrole nitrogens is 1. The number of aromatic nitrogens is 1. The number of hydrogen-bond donors (Lipinski definition) is 1. The van der Waals surface area contributed by atoms with Gasteiger partial charge in [-0.2, -0.15) is 0 Å². The minimum atomic E-state index is -0.204. The summed E-state index contributed by atoms with van der Waals surface area (Å²) in [6, 6.07) is 12.4. The molecule has 3 aromatic rings. The number of para-hydroxylation sites is 1. The molecule has 1 N–H and O–H groups in total. The van der Waals surface area contributed by atoms with Crippen LogP contribution in [0.5, 0.6) is 0 Å². The summed E-state index contributed by atoms with van der Waals surface area (Å²) in [5, 5.41) is 1.00. The number of nitrogens with one attached hydrogen (secondary N) is 1. The molecule has 25 heavy (non-hydrogen) atoms. The number of rotatable bonds is 3. The summed E-state index contributed by atoms with van der Waals surface area (Å²) in [4.78, 5) is 5.58. The molecule has 4 rings (SSSR count). The van der Waals surface area contributed by atoms with Gasteiger partial charge >= 0.3 is 0 Å². The highest BCUT2D eigenvalue weighted by Gasteiger charge is 2.25. The van der Waals surface area contributed by atoms with E-state index in [1.165, 1.54) is 29.5 Å². The number of halogens is 3. The highest BCUT2D eigenvalue weighted by molar-refractivity contribution is 5.86. The Kier molecular flexibility index (Phi) is 5.11. The molecule has 0 radical (unpaired) electrons. The largest absolute Gasteiger partial charge is 0.356 e. The van der Waals surface area contributed by atoms with Gasteiger partial charge in [0.15, 0.2) is 0 Å². The van der Waals surface area contributed by atoms with E-state index in [9.17, 15) is 8.78 Å². The SMILES string of the molecule is CN(Cc1ccc(F)cc1)C1CCc2[nH]c3c(F)cccc3c2C1.Cl. The molecule has 1 aromatic heterocycles. The molecule has 0 spiro atoms. The lowest BCUT2D eigenvalue weighted by Crippen LogP contribution is -2.35. The van der Waals surface area contributed by atoms with Crippen molar-refractivity contribution in [2.75, 3.05) is 7.05 Å². The van der Waals surface area contributed by atoms with Crippen molar-refractivity contribution in [3.05, 3.63) is 70.9 Å². The Morgan fingerprint density at radius 1 is 1.12 bits per heavy atom. The Bertz CT molecular complexity index is 873. The number of fused-ring (bicyclic) bond motifs is 3. The van der Waals surface area contributed by atoms with Crippen LogP contribution in [-0.2, 0) is 19.4 Å². The van der Waals surface area contributed by atoms with Crippen molar-refractivity contribution in [1.29, 1.82) is 0 Å². The fraction of sp³-hybridized carbons (Fsp3) is 0.300. The molecule has 132 valence electrons. The molecule has 5 heteroatoms. The Morgan fingerprint density at radius 3 is 2.64 bits per heavy atom. The lowest BCUT2D eigenvalue weighted by atomic mass is 9.90. The first kappa shape index (κ1) is 17.9. The van der Waals surface area contributed by atoms with Crippen molar-refractivity contribution in [2.45, 2.75) is 31.8 Å². The van der Waals surface area contributed by atoms with Crippen molar-refractivity contribution in [2.24, 2.45) is 0 Å². The van der Waals surface area contributed by atoms with Crippen LogP contribution in [0, 0.1) is 11.6 Å². The Labute approximate surface area is 152 Å². The second-order valence-corrected chi connectivity index (χ2v) is 6.68. The first-order valence-corrected chi connectivity index (χ1v) is 8.34. The van der Waals surface area contributed by atoms with Crippen molar-refractivity contribution < 1.29 is 8.78 Å². The van der Waals surface area contributed by atoms with Crippen LogP contribution in [-0.4, -0.2) is 23.0 Å². The van der Waals surface area contributed by atoms with Gasteiger partial charge in [0.2, 0.25) is 0 Å². The summed E-state index contributed by atoms with van der Waals surface area (Å²) in [5.74, 6) is -0.386. The highest BCUT2D eigenvalue weighted by Crippen LogP contribution is 2.32. The number of hydrogen-bond acceptors (Lipinski definition) is 1. The average Bonchev–Trinajstić information content (AvgIpc) is 2.96. The quantitative estimate of drug-likeness (QED) is 0.705. The molecule has 2 nitrogen and oxygen atoms in total. The van der Waals surface area contributed by atoms with Gasteiger partial charge in [0, 0.05) is 23.7 Å². The van der Waals surface area contributed by atoms with Gasteiger partial charge in [-0.15, -0.1) is 12.4 Å². The average molecular weight is 363 g/mol. The number of benzene rings is 2. The summed E-state index contributed by atoms with van der Waals surface area (Å²) in [7, 11) is 2.11. The van der Waals surface area contributed by atoms with Crippen molar-refractivity contribution in [3.63, 3.8) is 0 Å². The Balaban J connectivity index is 0.00000182. The molecule has 0 aliphatic heterocycles. The minimum Gasteiger partial charge on any atom is -0.356 e. The lowest BCUT2D eigenvalue weighted by Gasteiger charge is -2.31. The lowest BCUT2D eigenvalue weighted by molar-refractivity contribution is 0.214. The predicted molar refractivity (Wildman–Crippen MR) is 99.2 cm³/mol. The van der Waals surface area contributed by atoms with Crippen molar-refractivity contribution in [1.82, 2.24) is 9.88 Å². The van der Waals surface area contributed by atoms with E-state index >= 15 is 0 Å². The van der Waals surface area contributed by atoms with Gasteiger partial charge in [-0.25, -0.2) is 8.78 Å².